The van der Waals surface area contributed by atoms with Gasteiger partial charge < -0.3 is 4.74 Å². The number of anilines is 1. The summed E-state index contributed by atoms with van der Waals surface area (Å²) in [6.45, 7) is 0. The molecular formula is C24H21N3O2S. The third-order valence-electron chi connectivity index (χ3n) is 4.68. The normalized spacial score (nSPS) is 17.8. The molecule has 6 heteroatoms. The number of rotatable bonds is 6. The van der Waals surface area contributed by atoms with Crippen LogP contribution in [0.1, 0.15) is 11.1 Å². The molecule has 0 bridgehead atoms. The van der Waals surface area contributed by atoms with E-state index < -0.39 is 0 Å². The van der Waals surface area contributed by atoms with Crippen LogP contribution in [0.25, 0.3) is 0 Å². The second-order valence-electron chi connectivity index (χ2n) is 6.71. The number of para-hydroxylation sites is 1. The number of carbonyl (C=O) groups is 1. The lowest BCUT2D eigenvalue weighted by Crippen LogP contribution is -2.32. The molecule has 5 nitrogen and oxygen atoms in total. The highest BCUT2D eigenvalue weighted by Gasteiger charge is 2.39. The van der Waals surface area contributed by atoms with E-state index in [2.05, 4.69) is 10.2 Å². The van der Waals surface area contributed by atoms with E-state index in [-0.39, 0.29) is 11.2 Å². The van der Waals surface area contributed by atoms with Gasteiger partial charge in [0, 0.05) is 0 Å². The Morgan fingerprint density at radius 3 is 2.30 bits per heavy atom. The van der Waals surface area contributed by atoms with Crippen molar-refractivity contribution in [3.05, 3.63) is 96.1 Å². The monoisotopic (exact) mass is 415 g/mol. The zero-order chi connectivity index (χ0) is 20.8. The second kappa shape index (κ2) is 9.41. The molecule has 1 amide bonds. The first-order valence-electron chi connectivity index (χ1n) is 9.59. The molecule has 0 aromatic heterocycles. The van der Waals surface area contributed by atoms with Gasteiger partial charge in [0.05, 0.1) is 24.3 Å². The second-order valence-corrected chi connectivity index (χ2v) is 7.88. The Bertz CT molecular complexity index is 1050. The van der Waals surface area contributed by atoms with Gasteiger partial charge in [0.25, 0.3) is 0 Å². The molecule has 30 heavy (non-hydrogen) atoms. The zero-order valence-corrected chi connectivity index (χ0v) is 17.3. The predicted molar refractivity (Wildman–Crippen MR) is 123 cm³/mol. The number of hydrogen-bond acceptors (Lipinski definition) is 5. The molecule has 1 heterocycles. The smallest absolute Gasteiger partial charge is 0.247 e. The molecule has 3 aromatic carbocycles. The fraction of sp³-hybridized carbons (Fsp3) is 0.125. The van der Waals surface area contributed by atoms with E-state index in [1.54, 1.807) is 18.2 Å². The van der Waals surface area contributed by atoms with Crippen LogP contribution < -0.4 is 9.64 Å². The molecule has 1 atom stereocenters. The number of nitrogens with zero attached hydrogens (tertiary/aromatic N) is 3. The van der Waals surface area contributed by atoms with E-state index in [1.807, 2.05) is 84.9 Å². The zero-order valence-electron chi connectivity index (χ0n) is 16.5. The summed E-state index contributed by atoms with van der Waals surface area (Å²) in [5, 5.41) is 8.93. The fourth-order valence-corrected chi connectivity index (χ4v) is 4.27. The van der Waals surface area contributed by atoms with Crippen LogP contribution in [0.2, 0.25) is 0 Å². The minimum absolute atomic E-state index is 0.00989. The quantitative estimate of drug-likeness (QED) is 0.430. The van der Waals surface area contributed by atoms with Gasteiger partial charge in [0.2, 0.25) is 5.91 Å². The van der Waals surface area contributed by atoms with Crippen molar-refractivity contribution in [1.29, 1.82) is 0 Å². The van der Waals surface area contributed by atoms with Crippen molar-refractivity contribution in [2.24, 2.45) is 10.2 Å². The van der Waals surface area contributed by atoms with Gasteiger partial charge in [-0.2, -0.15) is 5.10 Å². The van der Waals surface area contributed by atoms with Crippen LogP contribution in [-0.4, -0.2) is 29.6 Å². The number of carbonyl (C=O) groups excluding carboxylic acids is 1. The molecule has 4 rings (SSSR count). The number of amides is 1. The maximum absolute atomic E-state index is 13.2. The van der Waals surface area contributed by atoms with Crippen LogP contribution in [-0.2, 0) is 11.2 Å². The Kier molecular flexibility index (Phi) is 6.25. The van der Waals surface area contributed by atoms with Gasteiger partial charge in [0.1, 0.15) is 5.75 Å². The third-order valence-corrected chi connectivity index (χ3v) is 5.81. The number of methoxy groups -OCH3 is 1. The molecule has 150 valence electrons. The Labute approximate surface area is 180 Å². The number of ether oxygens (including phenoxy) is 1. The van der Waals surface area contributed by atoms with Crippen LogP contribution >= 0.6 is 11.8 Å². The van der Waals surface area contributed by atoms with Crippen molar-refractivity contribution >= 4 is 34.7 Å². The van der Waals surface area contributed by atoms with Gasteiger partial charge in [-0.3, -0.25) is 9.69 Å². The van der Waals surface area contributed by atoms with Crippen molar-refractivity contribution in [3.8, 4) is 5.75 Å². The Hall–Kier alpha value is -3.38. The molecule has 0 N–H and O–H groups in total. The molecule has 1 saturated heterocycles. The molecule has 3 aromatic rings. The van der Waals surface area contributed by atoms with Crippen LogP contribution in [0.5, 0.6) is 5.75 Å². The highest BCUT2D eigenvalue weighted by molar-refractivity contribution is 8.16. The summed E-state index contributed by atoms with van der Waals surface area (Å²) >= 11 is 1.44. The molecule has 1 aliphatic rings. The lowest BCUT2D eigenvalue weighted by Gasteiger charge is -2.15. The summed E-state index contributed by atoms with van der Waals surface area (Å²) in [7, 11) is 1.64. The van der Waals surface area contributed by atoms with Crippen molar-refractivity contribution in [3.63, 3.8) is 0 Å². The van der Waals surface area contributed by atoms with E-state index in [9.17, 15) is 4.79 Å². The molecule has 1 fully saturated rings. The summed E-state index contributed by atoms with van der Waals surface area (Å²) in [5.41, 5.74) is 2.82. The molecule has 0 saturated carbocycles. The van der Waals surface area contributed by atoms with Crippen molar-refractivity contribution in [1.82, 2.24) is 0 Å². The lowest BCUT2D eigenvalue weighted by atomic mass is 10.1. The van der Waals surface area contributed by atoms with E-state index in [1.165, 1.54) is 11.8 Å². The number of benzene rings is 3. The first kappa shape index (κ1) is 19.9. The first-order chi connectivity index (χ1) is 14.7. The van der Waals surface area contributed by atoms with E-state index in [4.69, 9.17) is 4.74 Å². The topological polar surface area (TPSA) is 54.3 Å². The van der Waals surface area contributed by atoms with Gasteiger partial charge >= 0.3 is 0 Å². The Morgan fingerprint density at radius 1 is 0.967 bits per heavy atom. The average molecular weight is 416 g/mol. The SMILES string of the molecule is COc1ccc(CC2SC(=NN=Cc3ccccc3)N(c3ccccc3)C2=O)cc1. The Morgan fingerprint density at radius 2 is 1.63 bits per heavy atom. The highest BCUT2D eigenvalue weighted by atomic mass is 32.2. The van der Waals surface area contributed by atoms with Crippen LogP contribution in [0, 0.1) is 0 Å². The number of thioether (sulfide) groups is 1. The third kappa shape index (κ3) is 4.60. The van der Waals surface area contributed by atoms with E-state index in [0.29, 0.717) is 11.6 Å². The van der Waals surface area contributed by atoms with E-state index >= 15 is 0 Å². The summed E-state index contributed by atoms with van der Waals surface area (Å²) < 4.78 is 5.22. The van der Waals surface area contributed by atoms with Crippen molar-refractivity contribution in [2.75, 3.05) is 12.0 Å². The van der Waals surface area contributed by atoms with Gasteiger partial charge in [-0.05, 0) is 41.8 Å². The Balaban J connectivity index is 1.59. The summed E-state index contributed by atoms with van der Waals surface area (Å²) in [5.74, 6) is 0.809. The molecule has 1 aliphatic heterocycles. The van der Waals surface area contributed by atoms with Crippen LogP contribution in [0.15, 0.2) is 95.1 Å². The summed E-state index contributed by atoms with van der Waals surface area (Å²) in [6, 6.07) is 27.1. The number of hydrogen-bond donors (Lipinski definition) is 0. The maximum atomic E-state index is 13.2. The van der Waals surface area contributed by atoms with Gasteiger partial charge in [-0.1, -0.05) is 72.4 Å². The van der Waals surface area contributed by atoms with Crippen LogP contribution in [0.4, 0.5) is 5.69 Å². The van der Waals surface area contributed by atoms with Gasteiger partial charge in [-0.25, -0.2) is 0 Å². The van der Waals surface area contributed by atoms with Crippen LogP contribution in [0.3, 0.4) is 0 Å². The maximum Gasteiger partial charge on any atom is 0.247 e. The van der Waals surface area contributed by atoms with E-state index in [0.717, 1.165) is 22.6 Å². The van der Waals surface area contributed by atoms with Crippen molar-refractivity contribution < 1.29 is 9.53 Å². The minimum atomic E-state index is -0.260. The molecule has 0 radical (unpaired) electrons. The average Bonchev–Trinajstić information content (AvgIpc) is 3.10. The predicted octanol–water partition coefficient (Wildman–Crippen LogP) is 4.78. The first-order valence-corrected chi connectivity index (χ1v) is 10.5. The molecular weight excluding hydrogens is 394 g/mol. The number of amidine groups is 1. The highest BCUT2D eigenvalue weighted by Crippen LogP contribution is 2.34. The largest absolute Gasteiger partial charge is 0.497 e. The summed E-state index contributed by atoms with van der Waals surface area (Å²) in [4.78, 5) is 14.9. The summed E-state index contributed by atoms with van der Waals surface area (Å²) in [6.07, 6.45) is 2.30. The fourth-order valence-electron chi connectivity index (χ4n) is 3.14. The lowest BCUT2D eigenvalue weighted by molar-refractivity contribution is -0.116. The minimum Gasteiger partial charge on any atom is -0.497 e. The van der Waals surface area contributed by atoms with Gasteiger partial charge in [-0.15, -0.1) is 5.10 Å². The van der Waals surface area contributed by atoms with Crippen molar-refractivity contribution in [2.45, 2.75) is 11.7 Å². The molecule has 0 aliphatic carbocycles. The standard InChI is InChI=1S/C24H21N3O2S/c1-29-21-14-12-18(13-15-21)16-22-23(28)27(20-10-6-3-7-11-20)24(30-22)26-25-17-19-8-4-2-5-9-19/h2-15,17,22H,16H2,1H3. The molecule has 0 spiro atoms. The van der Waals surface area contributed by atoms with Gasteiger partial charge in [0.15, 0.2) is 5.17 Å². The molecule has 1 unspecified atom stereocenters.